The Morgan fingerprint density at radius 3 is 2.57 bits per heavy atom. The molecule has 0 bridgehead atoms. The predicted molar refractivity (Wildman–Crippen MR) is 123 cm³/mol. The molecule has 6 nitrogen and oxygen atoms in total. The zero-order valence-corrected chi connectivity index (χ0v) is 19.3. The molecule has 3 rings (SSSR count). The fourth-order valence-corrected chi connectivity index (χ4v) is 3.18. The number of nitrogens with zero attached hydrogens (tertiary/aromatic N) is 2. The maximum absolute atomic E-state index is 12.0. The highest BCUT2D eigenvalue weighted by Crippen LogP contribution is 2.34. The molecule has 1 amide bonds. The van der Waals surface area contributed by atoms with Crippen LogP contribution in [0.5, 0.6) is 11.5 Å². The van der Waals surface area contributed by atoms with Crippen molar-refractivity contribution in [3.63, 3.8) is 0 Å². The zero-order valence-electron chi connectivity index (χ0n) is 16.1. The maximum Gasteiger partial charge on any atom is 0.289 e. The summed E-state index contributed by atoms with van der Waals surface area (Å²) in [7, 11) is 0. The monoisotopic (exact) mass is 531 g/mol. The first-order valence-corrected chi connectivity index (χ1v) is 10.7. The van der Waals surface area contributed by atoms with Crippen molar-refractivity contribution in [2.45, 2.75) is 13.5 Å². The predicted octanol–water partition coefficient (Wildman–Crippen LogP) is 5.35. The van der Waals surface area contributed by atoms with Crippen molar-refractivity contribution in [2.75, 3.05) is 6.61 Å². The van der Waals surface area contributed by atoms with Gasteiger partial charge in [0, 0.05) is 20.7 Å². The van der Waals surface area contributed by atoms with Gasteiger partial charge in [0.15, 0.2) is 11.5 Å². The summed E-state index contributed by atoms with van der Waals surface area (Å²) in [5.41, 5.74) is 4.53. The van der Waals surface area contributed by atoms with Crippen LogP contribution >= 0.6 is 31.9 Å². The normalized spacial score (nSPS) is 10.8. The molecule has 0 aliphatic rings. The molecule has 0 aliphatic carbocycles. The SMILES string of the molecule is CCOc1cc(/C=N\NC(=O)c2ccccn2)c(Br)cc1OCc1ccc(Br)cc1. The Morgan fingerprint density at radius 2 is 1.87 bits per heavy atom. The third kappa shape index (κ3) is 6.14. The van der Waals surface area contributed by atoms with Crippen LogP contribution in [0.4, 0.5) is 0 Å². The summed E-state index contributed by atoms with van der Waals surface area (Å²) in [4.78, 5) is 16.0. The molecular formula is C22H19Br2N3O3. The number of halogens is 2. The third-order valence-electron chi connectivity index (χ3n) is 3.94. The largest absolute Gasteiger partial charge is 0.490 e. The molecule has 0 atom stereocenters. The van der Waals surface area contributed by atoms with E-state index in [-0.39, 0.29) is 5.91 Å². The number of benzene rings is 2. The fraction of sp³-hybridized carbons (Fsp3) is 0.136. The van der Waals surface area contributed by atoms with Gasteiger partial charge in [-0.15, -0.1) is 0 Å². The van der Waals surface area contributed by atoms with Gasteiger partial charge in [-0.1, -0.05) is 34.1 Å². The molecule has 0 spiro atoms. The Hall–Kier alpha value is -2.71. The fourth-order valence-electron chi connectivity index (χ4n) is 2.49. The van der Waals surface area contributed by atoms with E-state index in [1.165, 1.54) is 6.21 Å². The van der Waals surface area contributed by atoms with Crippen molar-refractivity contribution in [3.8, 4) is 11.5 Å². The number of carbonyl (C=O) groups excluding carboxylic acids is 1. The molecule has 2 aromatic carbocycles. The van der Waals surface area contributed by atoms with Gasteiger partial charge in [0.2, 0.25) is 0 Å². The van der Waals surface area contributed by atoms with Crippen molar-refractivity contribution in [3.05, 3.63) is 86.6 Å². The van der Waals surface area contributed by atoms with E-state index in [4.69, 9.17) is 9.47 Å². The molecule has 154 valence electrons. The Labute approximate surface area is 191 Å². The minimum atomic E-state index is -0.387. The lowest BCUT2D eigenvalue weighted by atomic mass is 10.2. The molecule has 8 heteroatoms. The Bertz CT molecular complexity index is 1030. The zero-order chi connectivity index (χ0) is 21.3. The molecule has 30 heavy (non-hydrogen) atoms. The lowest BCUT2D eigenvalue weighted by Crippen LogP contribution is -2.18. The maximum atomic E-state index is 12.0. The number of pyridine rings is 1. The van der Waals surface area contributed by atoms with E-state index in [9.17, 15) is 4.79 Å². The molecule has 0 aliphatic heterocycles. The van der Waals surface area contributed by atoms with Gasteiger partial charge >= 0.3 is 0 Å². The van der Waals surface area contributed by atoms with Crippen LogP contribution in [0.3, 0.4) is 0 Å². The van der Waals surface area contributed by atoms with Crippen LogP contribution in [-0.2, 0) is 6.61 Å². The molecular weight excluding hydrogens is 514 g/mol. The second kappa shape index (κ2) is 10.9. The molecule has 3 aromatic rings. The van der Waals surface area contributed by atoms with Gasteiger partial charge in [-0.25, -0.2) is 5.43 Å². The minimum absolute atomic E-state index is 0.292. The highest BCUT2D eigenvalue weighted by molar-refractivity contribution is 9.10. The highest BCUT2D eigenvalue weighted by atomic mass is 79.9. The van der Waals surface area contributed by atoms with Crippen LogP contribution < -0.4 is 14.9 Å². The van der Waals surface area contributed by atoms with Crippen molar-refractivity contribution in [1.29, 1.82) is 0 Å². The van der Waals surface area contributed by atoms with E-state index in [1.807, 2.05) is 37.3 Å². The van der Waals surface area contributed by atoms with Gasteiger partial charge in [-0.2, -0.15) is 5.10 Å². The topological polar surface area (TPSA) is 72.8 Å². The molecule has 1 heterocycles. The Kier molecular flexibility index (Phi) is 7.98. The van der Waals surface area contributed by atoms with E-state index in [0.717, 1.165) is 20.1 Å². The molecule has 0 saturated heterocycles. The first-order chi connectivity index (χ1) is 14.6. The van der Waals surface area contributed by atoms with Crippen LogP contribution in [0.2, 0.25) is 0 Å². The van der Waals surface area contributed by atoms with Gasteiger partial charge in [-0.3, -0.25) is 9.78 Å². The summed E-state index contributed by atoms with van der Waals surface area (Å²) in [6.07, 6.45) is 3.09. The molecule has 0 radical (unpaired) electrons. The number of hydrazone groups is 1. The smallest absolute Gasteiger partial charge is 0.289 e. The summed E-state index contributed by atoms with van der Waals surface area (Å²) in [6.45, 7) is 2.80. The minimum Gasteiger partial charge on any atom is -0.490 e. The van der Waals surface area contributed by atoms with Crippen molar-refractivity contribution < 1.29 is 14.3 Å². The van der Waals surface area contributed by atoms with Crippen molar-refractivity contribution in [1.82, 2.24) is 10.4 Å². The van der Waals surface area contributed by atoms with Crippen LogP contribution in [0.1, 0.15) is 28.5 Å². The lowest BCUT2D eigenvalue weighted by molar-refractivity contribution is 0.0950. The average Bonchev–Trinajstić information content (AvgIpc) is 2.76. The summed E-state index contributed by atoms with van der Waals surface area (Å²) in [5, 5.41) is 4.02. The quantitative estimate of drug-likeness (QED) is 0.313. The third-order valence-corrected chi connectivity index (χ3v) is 5.15. The van der Waals surface area contributed by atoms with Gasteiger partial charge < -0.3 is 9.47 Å². The van der Waals surface area contributed by atoms with Crippen LogP contribution in [0.25, 0.3) is 0 Å². The molecule has 0 unspecified atom stereocenters. The number of nitrogens with one attached hydrogen (secondary N) is 1. The number of rotatable bonds is 8. The number of hydrogen-bond acceptors (Lipinski definition) is 5. The van der Waals surface area contributed by atoms with Gasteiger partial charge in [-0.05, 0) is 64.8 Å². The van der Waals surface area contributed by atoms with E-state index < -0.39 is 0 Å². The molecule has 0 saturated carbocycles. The highest BCUT2D eigenvalue weighted by Gasteiger charge is 2.11. The first kappa shape index (κ1) is 22.0. The lowest BCUT2D eigenvalue weighted by Gasteiger charge is -2.14. The number of ether oxygens (including phenoxy) is 2. The molecule has 1 aromatic heterocycles. The standard InChI is InChI=1S/C22H19Br2N3O3/c1-2-29-20-11-16(13-26-27-22(28)19-5-3-4-10-25-19)18(24)12-21(20)30-14-15-6-8-17(23)9-7-15/h3-13H,2,14H2,1H3,(H,27,28)/b26-13-. The summed E-state index contributed by atoms with van der Waals surface area (Å²) < 4.78 is 13.5. The van der Waals surface area contributed by atoms with E-state index in [2.05, 4.69) is 47.4 Å². The van der Waals surface area contributed by atoms with Crippen molar-refractivity contribution in [2.24, 2.45) is 5.10 Å². The second-order valence-electron chi connectivity index (χ2n) is 6.08. The van der Waals surface area contributed by atoms with Crippen LogP contribution in [0.15, 0.2) is 74.8 Å². The van der Waals surface area contributed by atoms with Gasteiger partial charge in [0.05, 0.1) is 12.8 Å². The average molecular weight is 533 g/mol. The first-order valence-electron chi connectivity index (χ1n) is 9.15. The summed E-state index contributed by atoms with van der Waals surface area (Å²) in [6, 6.07) is 16.7. The van der Waals surface area contributed by atoms with Crippen molar-refractivity contribution >= 4 is 44.0 Å². The number of amides is 1. The summed E-state index contributed by atoms with van der Waals surface area (Å²) >= 11 is 6.95. The second-order valence-corrected chi connectivity index (χ2v) is 7.85. The van der Waals surface area contributed by atoms with Gasteiger partial charge in [0.25, 0.3) is 5.91 Å². The molecule has 1 N–H and O–H groups in total. The van der Waals surface area contributed by atoms with E-state index in [0.29, 0.717) is 30.4 Å². The van der Waals surface area contributed by atoms with Crippen LogP contribution in [0, 0.1) is 0 Å². The number of carbonyl (C=O) groups is 1. The van der Waals surface area contributed by atoms with Gasteiger partial charge in [0.1, 0.15) is 12.3 Å². The van der Waals surface area contributed by atoms with Crippen LogP contribution in [-0.4, -0.2) is 23.7 Å². The molecule has 0 fully saturated rings. The number of aromatic nitrogens is 1. The Morgan fingerprint density at radius 1 is 1.10 bits per heavy atom. The van der Waals surface area contributed by atoms with E-state index >= 15 is 0 Å². The van der Waals surface area contributed by atoms with E-state index in [1.54, 1.807) is 30.5 Å². The summed E-state index contributed by atoms with van der Waals surface area (Å²) in [5.74, 6) is 0.819. The Balaban J connectivity index is 1.71. The number of hydrogen-bond donors (Lipinski definition) is 1.